The minimum Gasteiger partial charge on any atom is -0.341 e. The fourth-order valence-electron chi connectivity index (χ4n) is 7.59. The van der Waals surface area contributed by atoms with Crippen molar-refractivity contribution >= 4 is 40.4 Å². The van der Waals surface area contributed by atoms with E-state index in [2.05, 4.69) is 53.8 Å². The second-order valence-electron chi connectivity index (χ2n) is 13.9. The molecule has 0 spiro atoms. The highest BCUT2D eigenvalue weighted by molar-refractivity contribution is 7.15. The first kappa shape index (κ1) is 35.6. The van der Waals surface area contributed by atoms with Crippen LogP contribution in [0.15, 0.2) is 122 Å². The molecule has 0 aliphatic carbocycles. The molecule has 272 valence electrons. The molecule has 0 unspecified atom stereocenters. The van der Waals surface area contributed by atoms with Gasteiger partial charge in [0.2, 0.25) is 17.7 Å². The maximum Gasteiger partial charge on any atom is 0.250 e. The largest absolute Gasteiger partial charge is 0.341 e. The Balaban J connectivity index is 0.921. The van der Waals surface area contributed by atoms with Crippen LogP contribution in [-0.2, 0) is 20.8 Å². The zero-order valence-electron chi connectivity index (χ0n) is 30.1. The fourth-order valence-corrected chi connectivity index (χ4v) is 9.73. The zero-order valence-corrected chi connectivity index (χ0v) is 31.7. The van der Waals surface area contributed by atoms with Crippen molar-refractivity contribution in [2.75, 3.05) is 13.1 Å². The monoisotopic (exact) mass is 751 g/mol. The first-order valence-electron chi connectivity index (χ1n) is 18.5. The highest BCUT2D eigenvalue weighted by atomic mass is 32.1. The lowest BCUT2D eigenvalue weighted by Crippen LogP contribution is -2.42. The molecule has 3 amide bonds. The summed E-state index contributed by atoms with van der Waals surface area (Å²) < 4.78 is 0. The molecule has 8 rings (SSSR count). The zero-order chi connectivity index (χ0) is 37.0. The molecule has 0 bridgehead atoms. The van der Waals surface area contributed by atoms with Crippen LogP contribution in [0.3, 0.4) is 0 Å². The second-order valence-corrected chi connectivity index (χ2v) is 16.0. The van der Waals surface area contributed by atoms with Gasteiger partial charge >= 0.3 is 0 Å². The quantitative estimate of drug-likeness (QED) is 0.151. The number of amides is 3. The van der Waals surface area contributed by atoms with E-state index in [1.807, 2.05) is 82.9 Å². The van der Waals surface area contributed by atoms with E-state index < -0.39 is 6.04 Å². The number of hydrogen-bond acceptors (Lipinski definition) is 7. The van der Waals surface area contributed by atoms with Gasteiger partial charge in [-0.15, -0.1) is 22.7 Å². The molecule has 3 atom stereocenters. The van der Waals surface area contributed by atoms with E-state index in [0.717, 1.165) is 85.4 Å². The van der Waals surface area contributed by atoms with Crippen molar-refractivity contribution < 1.29 is 14.4 Å². The van der Waals surface area contributed by atoms with E-state index in [1.54, 1.807) is 22.7 Å². The van der Waals surface area contributed by atoms with Gasteiger partial charge in [-0.2, -0.15) is 0 Å². The number of carbonyl (C=O) groups is 3. The van der Waals surface area contributed by atoms with Crippen LogP contribution in [0.5, 0.6) is 0 Å². The Morgan fingerprint density at radius 3 is 1.69 bits per heavy atom. The molecule has 54 heavy (non-hydrogen) atoms. The lowest BCUT2D eigenvalue weighted by molar-refractivity contribution is -0.137. The van der Waals surface area contributed by atoms with Crippen LogP contribution in [0, 0.1) is 0 Å². The van der Waals surface area contributed by atoms with E-state index in [0.29, 0.717) is 13.0 Å². The lowest BCUT2D eigenvalue weighted by Gasteiger charge is -2.28. The standard InChI is InChI=1S/C44H41N5O3S2/c1-29(50)47-41(35-12-6-3-7-13-35)44(52)49-25-9-15-37(49)43-46-28-39(54-43)34-22-18-32(19-23-34)31-16-20-33(21-17-31)38-27-45-42(53-38)36-14-8-24-48(36)40(51)26-30-10-4-2-5-11-30/h2-7,10-13,16-23,27-28,36-37,41H,8-9,14-15,24-26H2,1H3,(H,47,50)/t36-,37-,41-/m0/s1. The van der Waals surface area contributed by atoms with Crippen molar-refractivity contribution in [1.82, 2.24) is 25.1 Å². The van der Waals surface area contributed by atoms with Crippen molar-refractivity contribution in [3.63, 3.8) is 0 Å². The third-order valence-electron chi connectivity index (χ3n) is 10.3. The molecule has 6 aromatic rings. The van der Waals surface area contributed by atoms with Gasteiger partial charge in [-0.25, -0.2) is 9.97 Å². The summed E-state index contributed by atoms with van der Waals surface area (Å²) in [5, 5.41) is 4.78. The molecular weight excluding hydrogens is 711 g/mol. The van der Waals surface area contributed by atoms with Crippen LogP contribution in [0.2, 0.25) is 0 Å². The summed E-state index contributed by atoms with van der Waals surface area (Å²) in [5.41, 5.74) is 6.26. The summed E-state index contributed by atoms with van der Waals surface area (Å²) in [6, 6.07) is 35.7. The topological polar surface area (TPSA) is 95.5 Å². The summed E-state index contributed by atoms with van der Waals surface area (Å²) >= 11 is 3.30. The maximum absolute atomic E-state index is 13.8. The Kier molecular flexibility index (Phi) is 10.5. The average Bonchev–Trinajstić information content (AvgIpc) is 4.04. The summed E-state index contributed by atoms with van der Waals surface area (Å²) in [6.45, 7) is 2.85. The Morgan fingerprint density at radius 1 is 0.667 bits per heavy atom. The molecule has 0 saturated carbocycles. The summed E-state index contributed by atoms with van der Waals surface area (Å²) in [4.78, 5) is 54.7. The Labute approximate surface area is 323 Å². The van der Waals surface area contributed by atoms with Crippen LogP contribution in [0.4, 0.5) is 0 Å². The number of thiazole rings is 2. The molecule has 2 aliphatic rings. The van der Waals surface area contributed by atoms with E-state index in [-0.39, 0.29) is 29.8 Å². The smallest absolute Gasteiger partial charge is 0.250 e. The third-order valence-corrected chi connectivity index (χ3v) is 12.6. The van der Waals surface area contributed by atoms with Crippen LogP contribution in [0.1, 0.15) is 71.9 Å². The van der Waals surface area contributed by atoms with Crippen LogP contribution >= 0.6 is 22.7 Å². The number of likely N-dealkylation sites (tertiary alicyclic amines) is 2. The minimum absolute atomic E-state index is 0.0361. The van der Waals surface area contributed by atoms with E-state index in [4.69, 9.17) is 9.97 Å². The van der Waals surface area contributed by atoms with Crippen LogP contribution in [-0.4, -0.2) is 50.6 Å². The second kappa shape index (κ2) is 15.9. The number of nitrogens with zero attached hydrogens (tertiary/aromatic N) is 4. The molecule has 2 aliphatic heterocycles. The predicted octanol–water partition coefficient (Wildman–Crippen LogP) is 9.05. The maximum atomic E-state index is 13.8. The van der Waals surface area contributed by atoms with E-state index >= 15 is 0 Å². The molecule has 4 heterocycles. The SMILES string of the molecule is CC(=O)N[C@H](C(=O)N1CCC[C@H]1c1ncc(-c2ccc(-c3ccc(-c4cnc([C@@H]5CCCN5C(=O)Cc5ccccc5)s4)cc3)cc2)s1)c1ccccc1. The Morgan fingerprint density at radius 2 is 1.15 bits per heavy atom. The van der Waals surface area contributed by atoms with Gasteiger partial charge in [0.15, 0.2) is 0 Å². The number of rotatable bonds is 10. The summed E-state index contributed by atoms with van der Waals surface area (Å²) in [5.74, 6) is -0.178. The average molecular weight is 752 g/mol. The normalized spacial score (nSPS) is 17.4. The highest BCUT2D eigenvalue weighted by Gasteiger charge is 2.37. The van der Waals surface area contributed by atoms with E-state index in [9.17, 15) is 14.4 Å². The Bertz CT molecular complexity index is 2240. The lowest BCUT2D eigenvalue weighted by atomic mass is 10.0. The van der Waals surface area contributed by atoms with Crippen molar-refractivity contribution in [2.45, 2.75) is 57.2 Å². The van der Waals surface area contributed by atoms with Gasteiger partial charge < -0.3 is 15.1 Å². The van der Waals surface area contributed by atoms with Crippen molar-refractivity contribution in [2.24, 2.45) is 0 Å². The van der Waals surface area contributed by atoms with Crippen LogP contribution in [0.25, 0.3) is 32.0 Å². The number of hydrogen-bond donors (Lipinski definition) is 1. The number of benzene rings is 4. The number of nitrogens with one attached hydrogen (secondary N) is 1. The molecule has 2 fully saturated rings. The predicted molar refractivity (Wildman–Crippen MR) is 215 cm³/mol. The van der Waals surface area contributed by atoms with Crippen molar-refractivity contribution in [3.8, 4) is 32.0 Å². The first-order chi connectivity index (χ1) is 26.4. The van der Waals surface area contributed by atoms with Gasteiger partial charge in [0.25, 0.3) is 0 Å². The van der Waals surface area contributed by atoms with Gasteiger partial charge in [-0.3, -0.25) is 14.4 Å². The van der Waals surface area contributed by atoms with Crippen molar-refractivity contribution in [3.05, 3.63) is 143 Å². The molecule has 8 nitrogen and oxygen atoms in total. The molecule has 2 saturated heterocycles. The highest BCUT2D eigenvalue weighted by Crippen LogP contribution is 2.40. The number of carbonyl (C=O) groups excluding carboxylic acids is 3. The fraction of sp³-hybridized carbons (Fsp3) is 0.250. The van der Waals surface area contributed by atoms with Crippen LogP contribution < -0.4 is 5.32 Å². The molecule has 10 heteroatoms. The minimum atomic E-state index is -0.727. The van der Waals surface area contributed by atoms with Gasteiger partial charge in [-0.1, -0.05) is 109 Å². The molecule has 4 aromatic carbocycles. The molecule has 2 aromatic heterocycles. The van der Waals surface area contributed by atoms with E-state index in [1.165, 1.54) is 6.92 Å². The van der Waals surface area contributed by atoms with Gasteiger partial charge in [0, 0.05) is 32.4 Å². The molecule has 1 N–H and O–H groups in total. The van der Waals surface area contributed by atoms with Gasteiger partial charge in [0.1, 0.15) is 16.1 Å². The van der Waals surface area contributed by atoms with Gasteiger partial charge in [0.05, 0.1) is 28.3 Å². The third kappa shape index (κ3) is 7.62. The van der Waals surface area contributed by atoms with Gasteiger partial charge in [-0.05, 0) is 59.1 Å². The number of aromatic nitrogens is 2. The molecular formula is C44H41N5O3S2. The summed E-state index contributed by atoms with van der Waals surface area (Å²) in [7, 11) is 0. The Hall–Kier alpha value is -5.45. The first-order valence-corrected chi connectivity index (χ1v) is 20.1. The summed E-state index contributed by atoms with van der Waals surface area (Å²) in [6.07, 6.45) is 7.93. The molecule has 0 radical (unpaired) electrons. The van der Waals surface area contributed by atoms with Crippen molar-refractivity contribution in [1.29, 1.82) is 0 Å².